The second-order valence-corrected chi connectivity index (χ2v) is 4.19. The van der Waals surface area contributed by atoms with Crippen LogP contribution in [0.4, 0.5) is 0 Å². The standard InChI is InChI=1S/C14H21NO4/c1-3-7-19-12-6-5-10(8-13(12)18-4-2)11(15)9-14(16)17/h5-6,8,11H,3-4,7,9,15H2,1-2H3,(H,16,17). The first-order chi connectivity index (χ1) is 9.08. The SMILES string of the molecule is CCCOc1ccc(C(N)CC(=O)O)cc1OCC. The molecule has 1 atom stereocenters. The summed E-state index contributed by atoms with van der Waals surface area (Å²) < 4.78 is 11.1. The quantitative estimate of drug-likeness (QED) is 0.755. The van der Waals surface area contributed by atoms with Gasteiger partial charge in [-0.1, -0.05) is 13.0 Å². The molecule has 5 nitrogen and oxygen atoms in total. The molecule has 0 aliphatic rings. The van der Waals surface area contributed by atoms with Crippen molar-refractivity contribution in [2.24, 2.45) is 5.73 Å². The van der Waals surface area contributed by atoms with Crippen molar-refractivity contribution in [2.45, 2.75) is 32.7 Å². The normalized spacial score (nSPS) is 11.9. The van der Waals surface area contributed by atoms with Gasteiger partial charge in [-0.05, 0) is 31.0 Å². The average Bonchev–Trinajstić information content (AvgIpc) is 2.36. The van der Waals surface area contributed by atoms with Crippen molar-refractivity contribution in [3.8, 4) is 11.5 Å². The molecule has 1 unspecified atom stereocenters. The number of nitrogens with two attached hydrogens (primary N) is 1. The molecule has 1 aromatic rings. The molecular weight excluding hydrogens is 246 g/mol. The molecule has 5 heteroatoms. The summed E-state index contributed by atoms with van der Waals surface area (Å²) in [6, 6.07) is 4.76. The van der Waals surface area contributed by atoms with E-state index in [1.54, 1.807) is 18.2 Å². The number of carbonyl (C=O) groups is 1. The Hall–Kier alpha value is -1.75. The first-order valence-electron chi connectivity index (χ1n) is 6.45. The second kappa shape index (κ2) is 7.63. The van der Waals surface area contributed by atoms with E-state index in [1.807, 2.05) is 13.8 Å². The molecule has 3 N–H and O–H groups in total. The van der Waals surface area contributed by atoms with Crippen molar-refractivity contribution in [1.82, 2.24) is 0 Å². The summed E-state index contributed by atoms with van der Waals surface area (Å²) >= 11 is 0. The van der Waals surface area contributed by atoms with Crippen LogP contribution in [0.25, 0.3) is 0 Å². The predicted octanol–water partition coefficient (Wildman–Crippen LogP) is 2.35. The zero-order valence-corrected chi connectivity index (χ0v) is 11.4. The Kier molecular flexibility index (Phi) is 6.15. The number of carboxylic acid groups (broad SMARTS) is 1. The third kappa shape index (κ3) is 4.79. The van der Waals surface area contributed by atoms with E-state index < -0.39 is 12.0 Å². The van der Waals surface area contributed by atoms with Gasteiger partial charge in [-0.3, -0.25) is 4.79 Å². The third-order valence-electron chi connectivity index (χ3n) is 2.55. The van der Waals surface area contributed by atoms with Gasteiger partial charge in [0.25, 0.3) is 0 Å². The van der Waals surface area contributed by atoms with Crippen LogP contribution < -0.4 is 15.2 Å². The van der Waals surface area contributed by atoms with Gasteiger partial charge in [0.05, 0.1) is 19.6 Å². The Morgan fingerprint density at radius 3 is 2.63 bits per heavy atom. The van der Waals surface area contributed by atoms with Gasteiger partial charge in [-0.15, -0.1) is 0 Å². The molecule has 0 amide bonds. The first-order valence-corrected chi connectivity index (χ1v) is 6.45. The van der Waals surface area contributed by atoms with Crippen LogP contribution in [0.15, 0.2) is 18.2 Å². The highest BCUT2D eigenvalue weighted by Gasteiger charge is 2.14. The maximum atomic E-state index is 10.7. The molecule has 0 aromatic heterocycles. The van der Waals surface area contributed by atoms with E-state index >= 15 is 0 Å². The molecule has 0 heterocycles. The minimum Gasteiger partial charge on any atom is -0.490 e. The van der Waals surface area contributed by atoms with E-state index in [0.717, 1.165) is 12.0 Å². The molecule has 106 valence electrons. The van der Waals surface area contributed by atoms with Crippen LogP contribution in [0.1, 0.15) is 38.3 Å². The van der Waals surface area contributed by atoms with Crippen LogP contribution in [0, 0.1) is 0 Å². The summed E-state index contributed by atoms with van der Waals surface area (Å²) in [7, 11) is 0. The van der Waals surface area contributed by atoms with Gasteiger partial charge in [0, 0.05) is 6.04 Å². The van der Waals surface area contributed by atoms with Crippen molar-refractivity contribution < 1.29 is 19.4 Å². The summed E-state index contributed by atoms with van der Waals surface area (Å²) in [5, 5.41) is 8.75. The molecule has 0 saturated heterocycles. The number of benzene rings is 1. The minimum absolute atomic E-state index is 0.110. The predicted molar refractivity (Wildman–Crippen MR) is 72.6 cm³/mol. The summed E-state index contributed by atoms with van der Waals surface area (Å²) in [4.78, 5) is 10.7. The monoisotopic (exact) mass is 267 g/mol. The lowest BCUT2D eigenvalue weighted by atomic mass is 10.0. The van der Waals surface area contributed by atoms with Gasteiger partial charge in [-0.25, -0.2) is 0 Å². The summed E-state index contributed by atoms with van der Waals surface area (Å²) in [5.41, 5.74) is 6.57. The Morgan fingerprint density at radius 2 is 2.05 bits per heavy atom. The minimum atomic E-state index is -0.920. The van der Waals surface area contributed by atoms with Gasteiger partial charge in [0.1, 0.15) is 0 Å². The number of rotatable bonds is 8. The maximum Gasteiger partial charge on any atom is 0.305 e. The van der Waals surface area contributed by atoms with Crippen LogP contribution in [0.5, 0.6) is 11.5 Å². The Morgan fingerprint density at radius 1 is 1.32 bits per heavy atom. The fourth-order valence-corrected chi connectivity index (χ4v) is 1.66. The number of hydrogen-bond acceptors (Lipinski definition) is 4. The molecule has 0 fully saturated rings. The molecular formula is C14H21NO4. The lowest BCUT2D eigenvalue weighted by Crippen LogP contribution is -2.15. The zero-order chi connectivity index (χ0) is 14.3. The Balaban J connectivity index is 2.90. The summed E-state index contributed by atoms with van der Waals surface area (Å²) in [5.74, 6) is 0.348. The van der Waals surface area contributed by atoms with E-state index in [9.17, 15) is 4.79 Å². The number of hydrogen-bond donors (Lipinski definition) is 2. The van der Waals surface area contributed by atoms with Crippen molar-refractivity contribution in [2.75, 3.05) is 13.2 Å². The van der Waals surface area contributed by atoms with E-state index in [1.165, 1.54) is 0 Å². The van der Waals surface area contributed by atoms with Gasteiger partial charge in [0.2, 0.25) is 0 Å². The first kappa shape index (κ1) is 15.3. The van der Waals surface area contributed by atoms with Crippen molar-refractivity contribution in [3.05, 3.63) is 23.8 Å². The third-order valence-corrected chi connectivity index (χ3v) is 2.55. The molecule has 0 saturated carbocycles. The number of aliphatic carboxylic acids is 1. The fraction of sp³-hybridized carbons (Fsp3) is 0.500. The van der Waals surface area contributed by atoms with Gasteiger partial charge >= 0.3 is 5.97 Å². The highest BCUT2D eigenvalue weighted by molar-refractivity contribution is 5.68. The van der Waals surface area contributed by atoms with E-state index in [-0.39, 0.29) is 6.42 Å². The lowest BCUT2D eigenvalue weighted by molar-refractivity contribution is -0.137. The smallest absolute Gasteiger partial charge is 0.305 e. The summed E-state index contributed by atoms with van der Waals surface area (Å²) in [6.07, 6.45) is 0.798. The maximum absolute atomic E-state index is 10.7. The zero-order valence-electron chi connectivity index (χ0n) is 11.4. The molecule has 1 aromatic carbocycles. The number of carboxylic acids is 1. The van der Waals surface area contributed by atoms with Crippen molar-refractivity contribution in [1.29, 1.82) is 0 Å². The van der Waals surface area contributed by atoms with E-state index in [0.29, 0.717) is 24.7 Å². The highest BCUT2D eigenvalue weighted by Crippen LogP contribution is 2.31. The second-order valence-electron chi connectivity index (χ2n) is 4.19. The fourth-order valence-electron chi connectivity index (χ4n) is 1.66. The average molecular weight is 267 g/mol. The van der Waals surface area contributed by atoms with Crippen molar-refractivity contribution in [3.63, 3.8) is 0 Å². The largest absolute Gasteiger partial charge is 0.490 e. The van der Waals surface area contributed by atoms with Crippen LogP contribution >= 0.6 is 0 Å². The van der Waals surface area contributed by atoms with Gasteiger partial charge in [-0.2, -0.15) is 0 Å². The lowest BCUT2D eigenvalue weighted by Gasteiger charge is -2.15. The van der Waals surface area contributed by atoms with Crippen molar-refractivity contribution >= 4 is 5.97 Å². The molecule has 1 rings (SSSR count). The molecule has 0 bridgehead atoms. The highest BCUT2D eigenvalue weighted by atomic mass is 16.5. The molecule has 19 heavy (non-hydrogen) atoms. The molecule has 0 radical (unpaired) electrons. The van der Waals surface area contributed by atoms with E-state index in [4.69, 9.17) is 20.3 Å². The van der Waals surface area contributed by atoms with Crippen LogP contribution in [0.2, 0.25) is 0 Å². The summed E-state index contributed by atoms with van der Waals surface area (Å²) in [6.45, 7) is 5.03. The Labute approximate surface area is 113 Å². The number of ether oxygens (including phenoxy) is 2. The van der Waals surface area contributed by atoms with Crippen LogP contribution in [-0.2, 0) is 4.79 Å². The van der Waals surface area contributed by atoms with Gasteiger partial charge < -0.3 is 20.3 Å². The van der Waals surface area contributed by atoms with E-state index in [2.05, 4.69) is 0 Å². The van der Waals surface area contributed by atoms with Crippen LogP contribution in [0.3, 0.4) is 0 Å². The molecule has 0 spiro atoms. The van der Waals surface area contributed by atoms with Gasteiger partial charge in [0.15, 0.2) is 11.5 Å². The molecule has 0 aliphatic heterocycles. The topological polar surface area (TPSA) is 81.8 Å². The molecule has 0 aliphatic carbocycles. The van der Waals surface area contributed by atoms with Crippen LogP contribution in [-0.4, -0.2) is 24.3 Å². The Bertz CT molecular complexity index is 420.